The molecule has 0 unspecified atom stereocenters. The van der Waals surface area contributed by atoms with Crippen LogP contribution in [0.3, 0.4) is 0 Å². The third-order valence-corrected chi connectivity index (χ3v) is 2.52. The predicted octanol–water partition coefficient (Wildman–Crippen LogP) is 0.633. The molecule has 16 heavy (non-hydrogen) atoms. The van der Waals surface area contributed by atoms with Crippen LogP contribution in [0.25, 0.3) is 0 Å². The van der Waals surface area contributed by atoms with E-state index in [1.54, 1.807) is 0 Å². The first-order valence-electron chi connectivity index (χ1n) is 4.96. The Morgan fingerprint density at radius 2 is 1.75 bits per heavy atom. The summed E-state index contributed by atoms with van der Waals surface area (Å²) in [7, 11) is 3.89. The van der Waals surface area contributed by atoms with Crippen LogP contribution in [-0.2, 0) is 4.79 Å². The molecule has 0 aromatic heterocycles. The summed E-state index contributed by atoms with van der Waals surface area (Å²) >= 11 is 0. The molecule has 2 rings (SSSR count). The van der Waals surface area contributed by atoms with Gasteiger partial charge in [-0.15, -0.1) is 0 Å². The van der Waals surface area contributed by atoms with Crippen LogP contribution in [0.1, 0.15) is 11.6 Å². The lowest BCUT2D eigenvalue weighted by molar-refractivity contribution is -0.120. The first-order valence-corrected chi connectivity index (χ1v) is 4.96. The molecular formula is C11H13N3O2. The molecule has 0 saturated carbocycles. The van der Waals surface area contributed by atoms with E-state index in [0.29, 0.717) is 0 Å². The van der Waals surface area contributed by atoms with Crippen molar-refractivity contribution in [2.45, 2.75) is 6.04 Å². The highest BCUT2D eigenvalue weighted by Crippen LogP contribution is 2.19. The molecule has 0 spiro atoms. The fourth-order valence-electron chi connectivity index (χ4n) is 1.62. The minimum atomic E-state index is -0.566. The summed E-state index contributed by atoms with van der Waals surface area (Å²) in [5.41, 5.74) is 1.84. The maximum atomic E-state index is 11.4. The molecule has 5 nitrogen and oxygen atoms in total. The van der Waals surface area contributed by atoms with Gasteiger partial charge in [0.05, 0.1) is 0 Å². The molecule has 3 amide bonds. The first-order chi connectivity index (χ1) is 7.58. The molecule has 1 aromatic carbocycles. The number of amides is 3. The smallest absolute Gasteiger partial charge is 0.322 e. The lowest BCUT2D eigenvalue weighted by Crippen LogP contribution is -2.22. The Kier molecular flexibility index (Phi) is 2.52. The van der Waals surface area contributed by atoms with E-state index >= 15 is 0 Å². The fourth-order valence-corrected chi connectivity index (χ4v) is 1.62. The Labute approximate surface area is 93.4 Å². The van der Waals surface area contributed by atoms with E-state index in [0.717, 1.165) is 11.3 Å². The van der Waals surface area contributed by atoms with Crippen molar-refractivity contribution in [1.29, 1.82) is 0 Å². The largest absolute Gasteiger partial charge is 0.378 e. The number of carbonyl (C=O) groups is 2. The van der Waals surface area contributed by atoms with Crippen LogP contribution in [0.4, 0.5) is 10.5 Å². The molecule has 1 aliphatic rings. The van der Waals surface area contributed by atoms with Crippen molar-refractivity contribution in [3.63, 3.8) is 0 Å². The second kappa shape index (κ2) is 3.84. The molecule has 0 radical (unpaired) electrons. The van der Waals surface area contributed by atoms with Gasteiger partial charge in [0.25, 0.3) is 5.91 Å². The summed E-state index contributed by atoms with van der Waals surface area (Å²) in [6, 6.07) is 6.49. The molecule has 1 heterocycles. The minimum absolute atomic E-state index is 0.303. The number of benzene rings is 1. The Hall–Kier alpha value is -2.04. The van der Waals surface area contributed by atoms with Gasteiger partial charge >= 0.3 is 6.03 Å². The second-order valence-corrected chi connectivity index (χ2v) is 3.88. The van der Waals surface area contributed by atoms with Gasteiger partial charge < -0.3 is 10.2 Å². The zero-order valence-electron chi connectivity index (χ0n) is 9.15. The third kappa shape index (κ3) is 1.84. The molecular weight excluding hydrogens is 206 g/mol. The van der Waals surface area contributed by atoms with Gasteiger partial charge in [-0.3, -0.25) is 10.1 Å². The van der Waals surface area contributed by atoms with E-state index in [1.807, 2.05) is 43.3 Å². The molecule has 0 aliphatic carbocycles. The van der Waals surface area contributed by atoms with Gasteiger partial charge in [0.2, 0.25) is 0 Å². The molecule has 0 bridgehead atoms. The van der Waals surface area contributed by atoms with Crippen molar-refractivity contribution >= 4 is 17.6 Å². The standard InChI is InChI=1S/C11H13N3O2/c1-14(2)8-5-3-7(4-6-8)9-10(15)13-11(16)12-9/h3-6,9H,1-2H3,(H2,12,13,15,16)/t9-/m1/s1. The second-order valence-electron chi connectivity index (χ2n) is 3.88. The van der Waals surface area contributed by atoms with Gasteiger partial charge in [0.15, 0.2) is 0 Å². The lowest BCUT2D eigenvalue weighted by atomic mass is 10.1. The van der Waals surface area contributed by atoms with Gasteiger partial charge in [-0.1, -0.05) is 12.1 Å². The van der Waals surface area contributed by atoms with Crippen molar-refractivity contribution < 1.29 is 9.59 Å². The summed E-state index contributed by atoms with van der Waals surface area (Å²) in [6.45, 7) is 0. The van der Waals surface area contributed by atoms with Crippen LogP contribution < -0.4 is 15.5 Å². The molecule has 2 N–H and O–H groups in total. The van der Waals surface area contributed by atoms with Gasteiger partial charge in [-0.25, -0.2) is 4.79 Å². The van der Waals surface area contributed by atoms with E-state index in [1.165, 1.54) is 0 Å². The number of hydrogen-bond acceptors (Lipinski definition) is 3. The summed E-state index contributed by atoms with van der Waals surface area (Å²) in [4.78, 5) is 24.3. The zero-order chi connectivity index (χ0) is 11.7. The van der Waals surface area contributed by atoms with E-state index < -0.39 is 12.1 Å². The summed E-state index contributed by atoms with van der Waals surface area (Å²) < 4.78 is 0. The average molecular weight is 219 g/mol. The monoisotopic (exact) mass is 219 g/mol. The number of hydrogen-bond donors (Lipinski definition) is 2. The normalized spacial score (nSPS) is 19.2. The summed E-state index contributed by atoms with van der Waals surface area (Å²) in [5, 5.41) is 4.76. The minimum Gasteiger partial charge on any atom is -0.378 e. The highest BCUT2D eigenvalue weighted by molar-refractivity contribution is 6.04. The van der Waals surface area contributed by atoms with Crippen LogP contribution in [0.2, 0.25) is 0 Å². The van der Waals surface area contributed by atoms with Crippen LogP contribution in [-0.4, -0.2) is 26.0 Å². The topological polar surface area (TPSA) is 61.4 Å². The van der Waals surface area contributed by atoms with Crippen molar-refractivity contribution in [3.05, 3.63) is 29.8 Å². The Morgan fingerprint density at radius 1 is 1.12 bits per heavy atom. The number of imide groups is 1. The van der Waals surface area contributed by atoms with Crippen LogP contribution in [0.15, 0.2) is 24.3 Å². The van der Waals surface area contributed by atoms with Gasteiger partial charge in [0, 0.05) is 19.8 Å². The van der Waals surface area contributed by atoms with Gasteiger partial charge in [0.1, 0.15) is 6.04 Å². The fraction of sp³-hybridized carbons (Fsp3) is 0.273. The highest BCUT2D eigenvalue weighted by atomic mass is 16.2. The zero-order valence-corrected chi connectivity index (χ0v) is 9.15. The van der Waals surface area contributed by atoms with E-state index in [-0.39, 0.29) is 5.91 Å². The van der Waals surface area contributed by atoms with Crippen molar-refractivity contribution in [3.8, 4) is 0 Å². The first kappa shape index (κ1) is 10.5. The maximum Gasteiger partial charge on any atom is 0.322 e. The van der Waals surface area contributed by atoms with Crippen LogP contribution in [0.5, 0.6) is 0 Å². The SMILES string of the molecule is CN(C)c1ccc([C@H]2NC(=O)NC2=O)cc1. The van der Waals surface area contributed by atoms with E-state index in [4.69, 9.17) is 0 Å². The summed E-state index contributed by atoms with van der Waals surface area (Å²) in [5.74, 6) is -0.303. The van der Waals surface area contributed by atoms with Crippen molar-refractivity contribution in [2.75, 3.05) is 19.0 Å². The van der Waals surface area contributed by atoms with Crippen LogP contribution in [0, 0.1) is 0 Å². The number of urea groups is 1. The number of nitrogens with zero attached hydrogens (tertiary/aromatic N) is 1. The maximum absolute atomic E-state index is 11.4. The van der Waals surface area contributed by atoms with Gasteiger partial charge in [-0.2, -0.15) is 0 Å². The Bertz CT molecular complexity index is 425. The molecule has 1 saturated heterocycles. The number of nitrogens with one attached hydrogen (secondary N) is 2. The molecule has 1 fully saturated rings. The molecule has 1 aliphatic heterocycles. The Morgan fingerprint density at radius 3 is 2.19 bits per heavy atom. The van der Waals surface area contributed by atoms with Crippen molar-refractivity contribution in [2.24, 2.45) is 0 Å². The molecule has 84 valence electrons. The predicted molar refractivity (Wildman–Crippen MR) is 60.2 cm³/mol. The van der Waals surface area contributed by atoms with Gasteiger partial charge in [-0.05, 0) is 17.7 Å². The van der Waals surface area contributed by atoms with E-state index in [9.17, 15) is 9.59 Å². The number of carbonyl (C=O) groups excluding carboxylic acids is 2. The third-order valence-electron chi connectivity index (χ3n) is 2.52. The number of anilines is 1. The summed E-state index contributed by atoms with van der Waals surface area (Å²) in [6.07, 6.45) is 0. The van der Waals surface area contributed by atoms with Crippen LogP contribution >= 0.6 is 0 Å². The van der Waals surface area contributed by atoms with Crippen molar-refractivity contribution in [1.82, 2.24) is 10.6 Å². The average Bonchev–Trinajstić information content (AvgIpc) is 2.58. The molecule has 5 heteroatoms. The molecule has 1 aromatic rings. The quantitative estimate of drug-likeness (QED) is 0.717. The molecule has 1 atom stereocenters. The van der Waals surface area contributed by atoms with E-state index in [2.05, 4.69) is 10.6 Å². The highest BCUT2D eigenvalue weighted by Gasteiger charge is 2.30. The lowest BCUT2D eigenvalue weighted by Gasteiger charge is -2.14. The number of rotatable bonds is 2. The Balaban J connectivity index is 2.22.